The molecule has 0 atom stereocenters. The second-order valence-electron chi connectivity index (χ2n) is 7.02. The molecule has 0 N–H and O–H groups in total. The lowest BCUT2D eigenvalue weighted by Gasteiger charge is -2.13. The number of hydrogen-bond acceptors (Lipinski definition) is 3. The number of ether oxygens (including phenoxy) is 1. The van der Waals surface area contributed by atoms with E-state index in [1.807, 2.05) is 0 Å². The lowest BCUT2D eigenvalue weighted by Crippen LogP contribution is -2.25. The standard InChI is InChI=1S/C24H15Cl2F3N2O2/c25-17-10-11-21(33-14-15-6-4-5-9-20(15)26)16(12-17)13-19-22(24(27,28)29)30-31(23(19)32)18-7-2-1-3-8-18/h1-13H,14H2/b19-13-. The first kappa shape index (κ1) is 22.9. The fraction of sp³-hybridized carbons (Fsp3) is 0.0833. The van der Waals surface area contributed by atoms with Crippen LogP contribution in [0.2, 0.25) is 10.0 Å². The SMILES string of the molecule is O=C1/C(=C\c2cc(Cl)ccc2OCc2ccccc2Cl)C(C(F)(F)F)=NN1c1ccccc1. The summed E-state index contributed by atoms with van der Waals surface area (Å²) in [4.78, 5) is 12.9. The van der Waals surface area contributed by atoms with Crippen LogP contribution in [0.25, 0.3) is 6.08 Å². The van der Waals surface area contributed by atoms with Crippen LogP contribution < -0.4 is 9.75 Å². The van der Waals surface area contributed by atoms with Gasteiger partial charge in [0.25, 0.3) is 5.91 Å². The quantitative estimate of drug-likeness (QED) is 0.364. The lowest BCUT2D eigenvalue weighted by atomic mass is 10.0. The molecule has 0 aliphatic carbocycles. The molecule has 4 rings (SSSR count). The smallest absolute Gasteiger partial charge is 0.435 e. The van der Waals surface area contributed by atoms with Crippen LogP contribution in [0.15, 0.2) is 83.5 Å². The Hall–Kier alpha value is -3.29. The Morgan fingerprint density at radius 1 is 0.970 bits per heavy atom. The number of carbonyl (C=O) groups excluding carboxylic acids is 1. The van der Waals surface area contributed by atoms with Crippen LogP contribution in [0.3, 0.4) is 0 Å². The molecule has 0 radical (unpaired) electrons. The summed E-state index contributed by atoms with van der Waals surface area (Å²) >= 11 is 12.2. The van der Waals surface area contributed by atoms with Gasteiger partial charge in [-0.05, 0) is 42.5 Å². The normalized spacial score (nSPS) is 15.2. The van der Waals surface area contributed by atoms with Gasteiger partial charge in [0.2, 0.25) is 0 Å². The van der Waals surface area contributed by atoms with Gasteiger partial charge in [0.1, 0.15) is 12.4 Å². The van der Waals surface area contributed by atoms with Gasteiger partial charge in [-0.25, -0.2) is 0 Å². The molecule has 0 fully saturated rings. The fourth-order valence-electron chi connectivity index (χ4n) is 3.19. The molecule has 1 aliphatic rings. The van der Waals surface area contributed by atoms with E-state index in [-0.39, 0.29) is 28.6 Å². The summed E-state index contributed by atoms with van der Waals surface area (Å²) in [5.41, 5.74) is -0.805. The van der Waals surface area contributed by atoms with E-state index in [0.717, 1.165) is 11.1 Å². The number of benzene rings is 3. The third kappa shape index (κ3) is 5.05. The van der Waals surface area contributed by atoms with Crippen LogP contribution in [0.4, 0.5) is 18.9 Å². The van der Waals surface area contributed by atoms with E-state index >= 15 is 0 Å². The van der Waals surface area contributed by atoms with E-state index in [0.29, 0.717) is 10.6 Å². The van der Waals surface area contributed by atoms with Crippen molar-refractivity contribution in [1.82, 2.24) is 0 Å². The Labute approximate surface area is 197 Å². The second-order valence-corrected chi connectivity index (χ2v) is 7.86. The zero-order valence-corrected chi connectivity index (χ0v) is 18.3. The molecule has 0 aromatic heterocycles. The van der Waals surface area contributed by atoms with Crippen molar-refractivity contribution in [3.05, 3.63) is 99.5 Å². The predicted octanol–water partition coefficient (Wildman–Crippen LogP) is 6.92. The minimum absolute atomic E-state index is 0.0712. The van der Waals surface area contributed by atoms with Gasteiger partial charge in [0.05, 0.1) is 11.3 Å². The van der Waals surface area contributed by atoms with Crippen molar-refractivity contribution >= 4 is 46.6 Å². The van der Waals surface area contributed by atoms with E-state index in [2.05, 4.69) is 5.10 Å². The number of rotatable bonds is 5. The maximum atomic E-state index is 13.7. The first-order valence-electron chi connectivity index (χ1n) is 9.67. The van der Waals surface area contributed by atoms with Gasteiger partial charge in [-0.1, -0.05) is 59.6 Å². The Balaban J connectivity index is 1.72. The van der Waals surface area contributed by atoms with Gasteiger partial charge in [-0.15, -0.1) is 0 Å². The average molecular weight is 491 g/mol. The summed E-state index contributed by atoms with van der Waals surface area (Å²) < 4.78 is 47.0. The highest BCUT2D eigenvalue weighted by atomic mass is 35.5. The molecule has 0 saturated heterocycles. The molecule has 0 spiro atoms. The molecule has 1 aliphatic heterocycles. The van der Waals surface area contributed by atoms with Crippen LogP contribution in [-0.2, 0) is 11.4 Å². The number of hydrogen-bond donors (Lipinski definition) is 0. The van der Waals surface area contributed by atoms with Crippen molar-refractivity contribution in [3.63, 3.8) is 0 Å². The molecule has 1 heterocycles. The Morgan fingerprint density at radius 3 is 2.36 bits per heavy atom. The number of alkyl halides is 3. The Kier molecular flexibility index (Phi) is 6.44. The minimum atomic E-state index is -4.85. The van der Waals surface area contributed by atoms with E-state index in [4.69, 9.17) is 27.9 Å². The van der Waals surface area contributed by atoms with Gasteiger partial charge in [-0.3, -0.25) is 4.79 Å². The minimum Gasteiger partial charge on any atom is -0.488 e. The van der Waals surface area contributed by atoms with Crippen LogP contribution in [0.5, 0.6) is 5.75 Å². The molecule has 0 unspecified atom stereocenters. The van der Waals surface area contributed by atoms with Crippen LogP contribution >= 0.6 is 23.2 Å². The zero-order valence-electron chi connectivity index (χ0n) is 16.8. The van der Waals surface area contributed by atoms with E-state index in [1.54, 1.807) is 42.5 Å². The molecule has 0 saturated carbocycles. The summed E-state index contributed by atoms with van der Waals surface area (Å²) in [7, 11) is 0. The fourth-order valence-corrected chi connectivity index (χ4v) is 3.56. The highest BCUT2D eigenvalue weighted by Crippen LogP contribution is 2.34. The van der Waals surface area contributed by atoms with Crippen molar-refractivity contribution in [2.45, 2.75) is 12.8 Å². The summed E-state index contributed by atoms with van der Waals surface area (Å²) in [6.45, 7) is 0.0712. The van der Waals surface area contributed by atoms with Crippen molar-refractivity contribution in [3.8, 4) is 5.75 Å². The third-order valence-corrected chi connectivity index (χ3v) is 5.36. The summed E-state index contributed by atoms with van der Waals surface area (Å²) in [5, 5.41) is 5.04. The van der Waals surface area contributed by atoms with Crippen molar-refractivity contribution < 1.29 is 22.7 Å². The zero-order chi connectivity index (χ0) is 23.6. The molecule has 9 heteroatoms. The number of hydrazone groups is 1. The molecule has 3 aromatic rings. The second kappa shape index (κ2) is 9.29. The monoisotopic (exact) mass is 490 g/mol. The number of anilines is 1. The van der Waals surface area contributed by atoms with Gasteiger partial charge in [0.15, 0.2) is 5.71 Å². The number of halogens is 5. The van der Waals surface area contributed by atoms with Gasteiger partial charge >= 0.3 is 6.18 Å². The van der Waals surface area contributed by atoms with E-state index < -0.39 is 23.4 Å². The maximum Gasteiger partial charge on any atom is 0.435 e. The van der Waals surface area contributed by atoms with Crippen molar-refractivity contribution in [1.29, 1.82) is 0 Å². The summed E-state index contributed by atoms with van der Waals surface area (Å²) in [5.74, 6) is -0.676. The number of nitrogens with zero attached hydrogens (tertiary/aromatic N) is 2. The van der Waals surface area contributed by atoms with E-state index in [9.17, 15) is 18.0 Å². The van der Waals surface area contributed by atoms with Gasteiger partial charge in [0, 0.05) is 21.2 Å². The van der Waals surface area contributed by atoms with E-state index in [1.165, 1.54) is 30.3 Å². The maximum absolute atomic E-state index is 13.7. The molecular weight excluding hydrogens is 476 g/mol. The Morgan fingerprint density at radius 2 is 1.67 bits per heavy atom. The molecule has 168 valence electrons. The van der Waals surface area contributed by atoms with Crippen LogP contribution in [0.1, 0.15) is 11.1 Å². The number of carbonyl (C=O) groups is 1. The molecule has 33 heavy (non-hydrogen) atoms. The molecule has 4 nitrogen and oxygen atoms in total. The molecule has 1 amide bonds. The molecule has 3 aromatic carbocycles. The Bertz CT molecular complexity index is 1260. The summed E-state index contributed by atoms with van der Waals surface area (Å²) in [6, 6.07) is 19.4. The first-order chi connectivity index (χ1) is 15.7. The highest BCUT2D eigenvalue weighted by molar-refractivity contribution is 6.34. The first-order valence-corrected chi connectivity index (χ1v) is 10.4. The van der Waals surface area contributed by atoms with Crippen LogP contribution in [-0.4, -0.2) is 17.8 Å². The highest BCUT2D eigenvalue weighted by Gasteiger charge is 2.46. The number of para-hydroxylation sites is 1. The number of amides is 1. The molecule has 0 bridgehead atoms. The third-order valence-electron chi connectivity index (χ3n) is 4.76. The molecular formula is C24H15Cl2F3N2O2. The predicted molar refractivity (Wildman–Crippen MR) is 123 cm³/mol. The van der Waals surface area contributed by atoms with Crippen molar-refractivity contribution in [2.24, 2.45) is 5.10 Å². The lowest BCUT2D eigenvalue weighted by molar-refractivity contribution is -0.114. The van der Waals surface area contributed by atoms with Gasteiger partial charge in [-0.2, -0.15) is 23.3 Å². The topological polar surface area (TPSA) is 41.9 Å². The largest absolute Gasteiger partial charge is 0.488 e. The summed E-state index contributed by atoms with van der Waals surface area (Å²) in [6.07, 6.45) is -3.76. The van der Waals surface area contributed by atoms with Gasteiger partial charge < -0.3 is 4.74 Å². The average Bonchev–Trinajstić information content (AvgIpc) is 3.11. The van der Waals surface area contributed by atoms with Crippen molar-refractivity contribution in [2.75, 3.05) is 5.01 Å². The van der Waals surface area contributed by atoms with Crippen LogP contribution in [0, 0.1) is 0 Å².